The Morgan fingerprint density at radius 2 is 2.31 bits per heavy atom. The summed E-state index contributed by atoms with van der Waals surface area (Å²) in [5.41, 5.74) is 1.06. The zero-order chi connectivity index (χ0) is 12.0. The molecule has 1 aromatic carbocycles. The molecule has 0 saturated heterocycles. The molecule has 0 spiro atoms. The summed E-state index contributed by atoms with van der Waals surface area (Å²) < 4.78 is 4.80. The number of benzene rings is 1. The van der Waals surface area contributed by atoms with E-state index in [9.17, 15) is 4.79 Å². The summed E-state index contributed by atoms with van der Waals surface area (Å²) in [6, 6.07) is 7.11. The first kappa shape index (κ1) is 12.6. The average Bonchev–Trinajstić information content (AvgIpc) is 2.26. The minimum Gasteiger partial charge on any atom is -0.515 e. The molecule has 0 atom stereocenters. The van der Waals surface area contributed by atoms with E-state index in [-0.39, 0.29) is 12.2 Å². The van der Waals surface area contributed by atoms with Crippen molar-refractivity contribution in [3.8, 4) is 0 Å². The van der Waals surface area contributed by atoms with Crippen molar-refractivity contribution < 1.29 is 14.6 Å². The number of ether oxygens (including phenoxy) is 1. The molecule has 1 rings (SSSR count). The van der Waals surface area contributed by atoms with Gasteiger partial charge in [0.1, 0.15) is 0 Å². The standard InChI is InChI=1S/C12H13ClO3/c1-2-16-12(15)10(8-14)6-9-4-3-5-11(13)7-9/h3-5,7-8,14H,2,6H2,1H3/b10-8+. The van der Waals surface area contributed by atoms with Crippen LogP contribution >= 0.6 is 11.6 Å². The van der Waals surface area contributed by atoms with E-state index in [0.29, 0.717) is 11.4 Å². The summed E-state index contributed by atoms with van der Waals surface area (Å²) in [5, 5.41) is 9.55. The molecule has 0 radical (unpaired) electrons. The lowest BCUT2D eigenvalue weighted by molar-refractivity contribution is -0.138. The quantitative estimate of drug-likeness (QED) is 0.500. The van der Waals surface area contributed by atoms with Gasteiger partial charge in [-0.05, 0) is 24.6 Å². The van der Waals surface area contributed by atoms with E-state index in [1.54, 1.807) is 25.1 Å². The number of carbonyl (C=O) groups is 1. The minimum atomic E-state index is -0.509. The van der Waals surface area contributed by atoms with Crippen molar-refractivity contribution in [2.45, 2.75) is 13.3 Å². The van der Waals surface area contributed by atoms with Gasteiger partial charge in [-0.2, -0.15) is 0 Å². The monoisotopic (exact) mass is 240 g/mol. The second kappa shape index (κ2) is 6.18. The Kier molecular flexibility index (Phi) is 4.86. The van der Waals surface area contributed by atoms with Crippen LogP contribution in [0.25, 0.3) is 0 Å². The van der Waals surface area contributed by atoms with Crippen LogP contribution in [0.3, 0.4) is 0 Å². The lowest BCUT2D eigenvalue weighted by atomic mass is 10.1. The molecule has 3 nitrogen and oxygen atoms in total. The molecule has 0 saturated carbocycles. The van der Waals surface area contributed by atoms with Gasteiger partial charge in [0.05, 0.1) is 18.4 Å². The molecule has 0 aliphatic heterocycles. The highest BCUT2D eigenvalue weighted by Gasteiger charge is 2.11. The zero-order valence-electron chi connectivity index (χ0n) is 8.94. The van der Waals surface area contributed by atoms with E-state index in [4.69, 9.17) is 21.4 Å². The molecule has 0 bridgehead atoms. The third-order valence-corrected chi connectivity index (χ3v) is 2.21. The molecule has 0 aromatic heterocycles. The maximum Gasteiger partial charge on any atom is 0.337 e. The molecule has 1 aromatic rings. The van der Waals surface area contributed by atoms with Gasteiger partial charge >= 0.3 is 5.97 Å². The fraction of sp³-hybridized carbons (Fsp3) is 0.250. The minimum absolute atomic E-state index is 0.212. The highest BCUT2D eigenvalue weighted by molar-refractivity contribution is 6.30. The van der Waals surface area contributed by atoms with Crippen molar-refractivity contribution in [1.82, 2.24) is 0 Å². The van der Waals surface area contributed by atoms with Gasteiger partial charge in [0, 0.05) is 11.4 Å². The van der Waals surface area contributed by atoms with Gasteiger partial charge in [0.25, 0.3) is 0 Å². The maximum atomic E-state index is 11.4. The van der Waals surface area contributed by atoms with Crippen LogP contribution in [0.5, 0.6) is 0 Å². The molecule has 0 fully saturated rings. The van der Waals surface area contributed by atoms with Gasteiger partial charge in [-0.25, -0.2) is 4.79 Å². The molecule has 0 aliphatic rings. The number of rotatable bonds is 4. The molecule has 86 valence electrons. The Bertz CT molecular complexity index is 399. The second-order valence-electron chi connectivity index (χ2n) is 3.18. The first-order valence-electron chi connectivity index (χ1n) is 4.92. The second-order valence-corrected chi connectivity index (χ2v) is 3.62. The van der Waals surface area contributed by atoms with Gasteiger partial charge in [-0.3, -0.25) is 0 Å². The zero-order valence-corrected chi connectivity index (χ0v) is 9.70. The smallest absolute Gasteiger partial charge is 0.337 e. The Balaban J connectivity index is 2.75. The molecule has 0 unspecified atom stereocenters. The maximum absolute atomic E-state index is 11.4. The van der Waals surface area contributed by atoms with Crippen LogP contribution < -0.4 is 0 Å². The predicted molar refractivity (Wildman–Crippen MR) is 62.5 cm³/mol. The van der Waals surface area contributed by atoms with Crippen LogP contribution in [0, 0.1) is 0 Å². The molecular weight excluding hydrogens is 228 g/mol. The van der Waals surface area contributed by atoms with Gasteiger partial charge < -0.3 is 9.84 Å². The van der Waals surface area contributed by atoms with E-state index in [1.807, 2.05) is 6.07 Å². The molecule has 0 aliphatic carbocycles. The number of aliphatic hydroxyl groups excluding tert-OH is 1. The fourth-order valence-corrected chi connectivity index (χ4v) is 1.47. The Hall–Kier alpha value is -1.48. The van der Waals surface area contributed by atoms with E-state index in [0.717, 1.165) is 11.8 Å². The Morgan fingerprint density at radius 3 is 2.88 bits per heavy atom. The summed E-state index contributed by atoms with van der Waals surface area (Å²) >= 11 is 5.81. The molecule has 0 amide bonds. The van der Waals surface area contributed by atoms with Gasteiger partial charge in [0.2, 0.25) is 0 Å². The molecule has 4 heteroatoms. The number of aliphatic hydroxyl groups is 1. The summed E-state index contributed by atoms with van der Waals surface area (Å²) in [6.45, 7) is 2.00. The van der Waals surface area contributed by atoms with E-state index >= 15 is 0 Å². The van der Waals surface area contributed by atoms with Crippen LogP contribution in [-0.2, 0) is 16.0 Å². The van der Waals surface area contributed by atoms with Crippen LogP contribution in [-0.4, -0.2) is 17.7 Å². The average molecular weight is 241 g/mol. The first-order chi connectivity index (χ1) is 7.67. The van der Waals surface area contributed by atoms with Crippen molar-refractivity contribution in [3.05, 3.63) is 46.7 Å². The topological polar surface area (TPSA) is 46.5 Å². The van der Waals surface area contributed by atoms with E-state index in [1.165, 1.54) is 0 Å². The molecular formula is C12H13ClO3. The molecule has 16 heavy (non-hydrogen) atoms. The summed E-state index contributed by atoms with van der Waals surface area (Å²) in [7, 11) is 0. The number of hydrogen-bond acceptors (Lipinski definition) is 3. The van der Waals surface area contributed by atoms with Gasteiger partial charge in [-0.1, -0.05) is 23.7 Å². The number of esters is 1. The summed E-state index contributed by atoms with van der Waals surface area (Å²) in [5.74, 6) is -0.509. The largest absolute Gasteiger partial charge is 0.515 e. The van der Waals surface area contributed by atoms with Crippen LogP contribution in [0.15, 0.2) is 36.1 Å². The first-order valence-corrected chi connectivity index (χ1v) is 5.30. The number of halogens is 1. The fourth-order valence-electron chi connectivity index (χ4n) is 1.26. The van der Waals surface area contributed by atoms with Crippen molar-refractivity contribution in [2.75, 3.05) is 6.61 Å². The van der Waals surface area contributed by atoms with Crippen LogP contribution in [0.4, 0.5) is 0 Å². The third kappa shape index (κ3) is 3.59. The molecule has 0 heterocycles. The van der Waals surface area contributed by atoms with Crippen molar-refractivity contribution in [2.24, 2.45) is 0 Å². The third-order valence-electron chi connectivity index (χ3n) is 1.98. The Morgan fingerprint density at radius 1 is 1.56 bits per heavy atom. The van der Waals surface area contributed by atoms with E-state index < -0.39 is 5.97 Å². The number of hydrogen-bond donors (Lipinski definition) is 1. The van der Waals surface area contributed by atoms with Crippen LogP contribution in [0.1, 0.15) is 12.5 Å². The predicted octanol–water partition coefficient (Wildman–Crippen LogP) is 2.89. The lowest BCUT2D eigenvalue weighted by Gasteiger charge is -2.05. The van der Waals surface area contributed by atoms with Gasteiger partial charge in [-0.15, -0.1) is 0 Å². The highest BCUT2D eigenvalue weighted by atomic mass is 35.5. The van der Waals surface area contributed by atoms with Crippen LogP contribution in [0.2, 0.25) is 5.02 Å². The Labute approximate surface area is 99.3 Å². The van der Waals surface area contributed by atoms with Gasteiger partial charge in [0.15, 0.2) is 0 Å². The number of carbonyl (C=O) groups excluding carboxylic acids is 1. The SMILES string of the molecule is CCOC(=O)/C(=C/O)Cc1cccc(Cl)c1. The van der Waals surface area contributed by atoms with E-state index in [2.05, 4.69) is 0 Å². The highest BCUT2D eigenvalue weighted by Crippen LogP contribution is 2.14. The van der Waals surface area contributed by atoms with Crippen molar-refractivity contribution in [1.29, 1.82) is 0 Å². The normalized spacial score (nSPS) is 11.2. The molecule has 1 N–H and O–H groups in total. The lowest BCUT2D eigenvalue weighted by Crippen LogP contribution is -2.10. The van der Waals surface area contributed by atoms with Crippen molar-refractivity contribution >= 4 is 17.6 Å². The summed E-state index contributed by atoms with van der Waals surface area (Å²) in [6.07, 6.45) is 1.08. The summed E-state index contributed by atoms with van der Waals surface area (Å²) in [4.78, 5) is 11.4. The van der Waals surface area contributed by atoms with Crippen molar-refractivity contribution in [3.63, 3.8) is 0 Å².